The van der Waals surface area contributed by atoms with E-state index in [-0.39, 0.29) is 10.8 Å². The monoisotopic (exact) mass is 348 g/mol. The third kappa shape index (κ3) is 3.93. The van der Waals surface area contributed by atoms with Crippen LogP contribution in [-0.4, -0.2) is 26.6 Å². The minimum atomic E-state index is -3.48. The van der Waals surface area contributed by atoms with E-state index in [1.807, 2.05) is 18.2 Å². The molecule has 0 saturated carbocycles. The van der Waals surface area contributed by atoms with Crippen molar-refractivity contribution in [1.82, 2.24) is 4.72 Å². The van der Waals surface area contributed by atoms with E-state index >= 15 is 0 Å². The number of rotatable bonds is 5. The van der Waals surface area contributed by atoms with Crippen LogP contribution in [0.15, 0.2) is 58.3 Å². The van der Waals surface area contributed by atoms with Crippen LogP contribution in [0.1, 0.15) is 5.56 Å². The highest BCUT2D eigenvalue weighted by Crippen LogP contribution is 2.31. The first-order valence-electron chi connectivity index (χ1n) is 7.15. The Hall–Kier alpha value is -1.83. The van der Waals surface area contributed by atoms with Crippen LogP contribution in [0.5, 0.6) is 0 Å². The molecule has 3 rings (SSSR count). The Morgan fingerprint density at radius 1 is 1.13 bits per heavy atom. The molecule has 2 aromatic rings. The topological polar surface area (TPSA) is 75.3 Å². The van der Waals surface area contributed by atoms with Crippen LogP contribution in [0, 0.1) is 0 Å². The summed E-state index contributed by atoms with van der Waals surface area (Å²) in [5.74, 6) is 0.424. The van der Waals surface area contributed by atoms with Crippen LogP contribution < -0.4 is 10.0 Å². The van der Waals surface area contributed by atoms with Crippen LogP contribution in [0.3, 0.4) is 0 Å². The van der Waals surface area contributed by atoms with Crippen molar-refractivity contribution in [1.29, 1.82) is 0 Å². The Kier molecular flexibility index (Phi) is 4.70. The minimum absolute atomic E-state index is 0.00979. The van der Waals surface area contributed by atoms with Gasteiger partial charge < -0.3 is 5.32 Å². The molecule has 0 spiro atoms. The van der Waals surface area contributed by atoms with Crippen LogP contribution in [0.4, 0.5) is 5.69 Å². The summed E-state index contributed by atoms with van der Waals surface area (Å²) in [6, 6.07) is 14.1. The van der Waals surface area contributed by atoms with E-state index in [1.165, 1.54) is 11.8 Å². The summed E-state index contributed by atoms with van der Waals surface area (Å²) >= 11 is 1.51. The number of hydrogen-bond donors (Lipinski definition) is 2. The van der Waals surface area contributed by atoms with Crippen molar-refractivity contribution in [2.45, 2.75) is 16.2 Å². The molecule has 0 aromatic heterocycles. The Morgan fingerprint density at radius 3 is 2.70 bits per heavy atom. The van der Waals surface area contributed by atoms with Crippen molar-refractivity contribution in [3.63, 3.8) is 0 Å². The van der Waals surface area contributed by atoms with Crippen LogP contribution in [0.2, 0.25) is 0 Å². The molecule has 0 fully saturated rings. The van der Waals surface area contributed by atoms with E-state index in [9.17, 15) is 13.2 Å². The Balaban J connectivity index is 1.63. The molecule has 120 valence electrons. The molecule has 0 radical (unpaired) electrons. The van der Waals surface area contributed by atoms with Crippen LogP contribution in [-0.2, 0) is 21.2 Å². The van der Waals surface area contributed by atoms with Crippen molar-refractivity contribution in [3.05, 3.63) is 54.1 Å². The SMILES string of the molecule is O=C1CSc2ccc(CCNS(=O)(=O)c3ccccc3)cc2N1. The van der Waals surface area contributed by atoms with E-state index in [2.05, 4.69) is 10.0 Å². The molecule has 0 atom stereocenters. The Morgan fingerprint density at radius 2 is 1.91 bits per heavy atom. The van der Waals surface area contributed by atoms with Crippen molar-refractivity contribution in [2.24, 2.45) is 0 Å². The van der Waals surface area contributed by atoms with E-state index in [0.717, 1.165) is 16.1 Å². The van der Waals surface area contributed by atoms with Gasteiger partial charge in [-0.3, -0.25) is 4.79 Å². The molecule has 1 amide bonds. The second-order valence-electron chi connectivity index (χ2n) is 5.13. The molecule has 1 aliphatic heterocycles. The number of anilines is 1. The van der Waals surface area contributed by atoms with Gasteiger partial charge in [-0.15, -0.1) is 11.8 Å². The summed E-state index contributed by atoms with van der Waals surface area (Å²) in [6.45, 7) is 0.303. The number of carbonyl (C=O) groups excluding carboxylic acids is 1. The zero-order valence-electron chi connectivity index (χ0n) is 12.3. The molecule has 0 bridgehead atoms. The summed E-state index contributed by atoms with van der Waals surface area (Å²) < 4.78 is 26.8. The molecule has 0 unspecified atom stereocenters. The van der Waals surface area contributed by atoms with E-state index in [1.54, 1.807) is 30.3 Å². The number of nitrogens with one attached hydrogen (secondary N) is 2. The first-order valence-corrected chi connectivity index (χ1v) is 9.62. The summed E-state index contributed by atoms with van der Waals surface area (Å²) in [5.41, 5.74) is 1.77. The largest absolute Gasteiger partial charge is 0.324 e. The van der Waals surface area contributed by atoms with Gasteiger partial charge in [-0.1, -0.05) is 24.3 Å². The number of sulfonamides is 1. The lowest BCUT2D eigenvalue weighted by Crippen LogP contribution is -2.26. The van der Waals surface area contributed by atoms with Crippen molar-refractivity contribution < 1.29 is 13.2 Å². The molecule has 1 heterocycles. The number of amides is 1. The predicted octanol–water partition coefficient (Wildman–Crippen LogP) is 2.25. The van der Waals surface area contributed by atoms with Gasteiger partial charge in [0.05, 0.1) is 16.3 Å². The number of hydrogen-bond acceptors (Lipinski definition) is 4. The summed E-state index contributed by atoms with van der Waals surface area (Å²) in [6.07, 6.45) is 0.555. The quantitative estimate of drug-likeness (QED) is 0.869. The third-order valence-electron chi connectivity index (χ3n) is 3.44. The number of benzene rings is 2. The van der Waals surface area contributed by atoms with E-state index in [0.29, 0.717) is 18.7 Å². The fraction of sp³-hybridized carbons (Fsp3) is 0.188. The van der Waals surface area contributed by atoms with Crippen molar-refractivity contribution in [3.8, 4) is 0 Å². The fourth-order valence-corrected chi connectivity index (χ4v) is 4.14. The second kappa shape index (κ2) is 6.74. The number of carbonyl (C=O) groups is 1. The maximum Gasteiger partial charge on any atom is 0.240 e. The molecule has 7 heteroatoms. The lowest BCUT2D eigenvalue weighted by Gasteiger charge is -2.17. The first-order chi connectivity index (χ1) is 11.0. The van der Waals surface area contributed by atoms with Gasteiger partial charge in [-0.25, -0.2) is 13.1 Å². The maximum absolute atomic E-state index is 12.1. The summed E-state index contributed by atoms with van der Waals surface area (Å²) in [7, 11) is -3.48. The molecule has 0 saturated heterocycles. The van der Waals surface area contributed by atoms with Crippen LogP contribution in [0.25, 0.3) is 0 Å². The zero-order chi connectivity index (χ0) is 16.3. The first kappa shape index (κ1) is 16.0. The van der Waals surface area contributed by atoms with Gasteiger partial charge in [0.15, 0.2) is 0 Å². The lowest BCUT2D eigenvalue weighted by atomic mass is 10.1. The van der Waals surface area contributed by atoms with Gasteiger partial charge >= 0.3 is 0 Å². The standard InChI is InChI=1S/C16H16N2O3S2/c19-16-11-22-15-7-6-12(10-14(15)18-16)8-9-17-23(20,21)13-4-2-1-3-5-13/h1-7,10,17H,8-9,11H2,(H,18,19). The van der Waals surface area contributed by atoms with E-state index < -0.39 is 10.0 Å². The normalized spacial score (nSPS) is 14.2. The average molecular weight is 348 g/mol. The molecule has 2 aromatic carbocycles. The Bertz CT molecular complexity index is 820. The van der Waals surface area contributed by atoms with Gasteiger partial charge in [0, 0.05) is 11.4 Å². The molecular weight excluding hydrogens is 332 g/mol. The van der Waals surface area contributed by atoms with Gasteiger partial charge in [0.25, 0.3) is 0 Å². The third-order valence-corrected chi connectivity index (χ3v) is 5.99. The number of thioether (sulfide) groups is 1. The molecule has 1 aliphatic rings. The molecule has 23 heavy (non-hydrogen) atoms. The lowest BCUT2D eigenvalue weighted by molar-refractivity contribution is -0.113. The van der Waals surface area contributed by atoms with Crippen molar-refractivity contribution in [2.75, 3.05) is 17.6 Å². The molecule has 2 N–H and O–H groups in total. The second-order valence-corrected chi connectivity index (χ2v) is 7.91. The summed E-state index contributed by atoms with van der Waals surface area (Å²) in [4.78, 5) is 12.7. The van der Waals surface area contributed by atoms with Gasteiger partial charge in [-0.2, -0.15) is 0 Å². The summed E-state index contributed by atoms with van der Waals surface area (Å²) in [5, 5.41) is 2.83. The number of fused-ring (bicyclic) bond motifs is 1. The highest BCUT2D eigenvalue weighted by atomic mass is 32.2. The molecular formula is C16H16N2O3S2. The van der Waals surface area contributed by atoms with Gasteiger partial charge in [0.1, 0.15) is 0 Å². The van der Waals surface area contributed by atoms with Crippen molar-refractivity contribution >= 4 is 33.4 Å². The van der Waals surface area contributed by atoms with Gasteiger partial charge in [-0.05, 0) is 36.2 Å². The zero-order valence-corrected chi connectivity index (χ0v) is 13.9. The van der Waals surface area contributed by atoms with Crippen LogP contribution >= 0.6 is 11.8 Å². The Labute approximate surface area is 139 Å². The van der Waals surface area contributed by atoms with E-state index in [4.69, 9.17) is 0 Å². The van der Waals surface area contributed by atoms with Gasteiger partial charge in [0.2, 0.25) is 15.9 Å². The maximum atomic E-state index is 12.1. The molecule has 0 aliphatic carbocycles. The highest BCUT2D eigenvalue weighted by molar-refractivity contribution is 8.00. The molecule has 5 nitrogen and oxygen atoms in total. The predicted molar refractivity (Wildman–Crippen MR) is 91.1 cm³/mol. The smallest absolute Gasteiger partial charge is 0.240 e. The minimum Gasteiger partial charge on any atom is -0.324 e. The fourth-order valence-electron chi connectivity index (χ4n) is 2.30. The average Bonchev–Trinajstić information content (AvgIpc) is 2.55. The highest BCUT2D eigenvalue weighted by Gasteiger charge is 2.16.